The minimum atomic E-state index is -0.639. The van der Waals surface area contributed by atoms with Crippen LogP contribution in [0.5, 0.6) is 0 Å². The Hall–Kier alpha value is -1.15. The van der Waals surface area contributed by atoms with Crippen LogP contribution >= 0.6 is 11.8 Å². The van der Waals surface area contributed by atoms with Crippen LogP contribution in [0.2, 0.25) is 0 Å². The summed E-state index contributed by atoms with van der Waals surface area (Å²) in [6.45, 7) is 5.23. The van der Waals surface area contributed by atoms with Crippen molar-refractivity contribution in [3.8, 4) is 0 Å². The van der Waals surface area contributed by atoms with Crippen molar-refractivity contribution >= 4 is 17.7 Å². The fourth-order valence-corrected chi connectivity index (χ4v) is 2.20. The molecule has 0 radical (unpaired) electrons. The molecule has 1 aliphatic rings. The molecule has 19 heavy (non-hydrogen) atoms. The summed E-state index contributed by atoms with van der Waals surface area (Å²) in [7, 11) is 0. The summed E-state index contributed by atoms with van der Waals surface area (Å²) < 4.78 is 1.78. The second-order valence-corrected chi connectivity index (χ2v) is 6.31. The van der Waals surface area contributed by atoms with E-state index in [1.165, 1.54) is 11.8 Å². The highest BCUT2D eigenvalue weighted by atomic mass is 32.2. The molecule has 8 heteroatoms. The molecule has 1 atom stereocenters. The fourth-order valence-electron chi connectivity index (χ4n) is 1.46. The molecule has 1 unspecified atom stereocenters. The topological polar surface area (TPSA) is 92.9 Å². The number of amides is 1. The van der Waals surface area contributed by atoms with Crippen LogP contribution in [0.15, 0.2) is 5.16 Å². The van der Waals surface area contributed by atoms with Gasteiger partial charge in [-0.3, -0.25) is 4.79 Å². The van der Waals surface area contributed by atoms with Crippen LogP contribution in [0, 0.1) is 0 Å². The van der Waals surface area contributed by atoms with Gasteiger partial charge in [-0.25, -0.2) is 4.68 Å². The molecular weight excluding hydrogens is 266 g/mol. The number of nitrogens with zero attached hydrogens (tertiary/aromatic N) is 4. The summed E-state index contributed by atoms with van der Waals surface area (Å²) in [5, 5.41) is 24.5. The average Bonchev–Trinajstić information content (AvgIpc) is 3.05. The molecule has 1 aromatic heterocycles. The fraction of sp³-hybridized carbons (Fsp3) is 0.818. The molecule has 0 saturated heterocycles. The summed E-state index contributed by atoms with van der Waals surface area (Å²) in [6.07, 6.45) is 1.58. The molecule has 2 rings (SSSR count). The summed E-state index contributed by atoms with van der Waals surface area (Å²) in [6, 6.07) is 0.398. The van der Waals surface area contributed by atoms with Gasteiger partial charge in [-0.15, -0.1) is 5.10 Å². The van der Waals surface area contributed by atoms with Gasteiger partial charge in [0, 0.05) is 0 Å². The number of hydrogen-bond acceptors (Lipinski definition) is 6. The molecule has 106 valence electrons. The first kappa shape index (κ1) is 14.3. The molecular formula is C11H19N5O2S. The smallest absolute Gasteiger partial charge is 0.230 e. The van der Waals surface area contributed by atoms with Gasteiger partial charge >= 0.3 is 0 Å². The molecule has 1 amide bonds. The summed E-state index contributed by atoms with van der Waals surface area (Å²) >= 11 is 1.32. The lowest BCUT2D eigenvalue weighted by Gasteiger charge is -2.29. The number of thioether (sulfide) groups is 1. The van der Waals surface area contributed by atoms with E-state index in [-0.39, 0.29) is 11.7 Å². The zero-order chi connectivity index (χ0) is 14.0. The van der Waals surface area contributed by atoms with Crippen LogP contribution in [-0.4, -0.2) is 48.6 Å². The van der Waals surface area contributed by atoms with E-state index in [0.29, 0.717) is 11.2 Å². The van der Waals surface area contributed by atoms with Crippen molar-refractivity contribution in [2.75, 3.05) is 5.75 Å². The summed E-state index contributed by atoms with van der Waals surface area (Å²) in [4.78, 5) is 11.8. The number of aliphatic hydroxyl groups is 1. The Labute approximate surface area is 116 Å². The monoisotopic (exact) mass is 285 g/mol. The number of carbonyl (C=O) groups is 1. The molecule has 1 heterocycles. The molecule has 0 spiro atoms. The van der Waals surface area contributed by atoms with E-state index in [2.05, 4.69) is 20.8 Å². The van der Waals surface area contributed by atoms with Gasteiger partial charge < -0.3 is 10.4 Å². The SMILES string of the molecule is CC(O)C(C)(C)NC(=O)CSc1nnnn1C1CC1. The quantitative estimate of drug-likeness (QED) is 0.734. The van der Waals surface area contributed by atoms with Gasteiger partial charge in [-0.1, -0.05) is 11.8 Å². The van der Waals surface area contributed by atoms with E-state index >= 15 is 0 Å². The standard InChI is InChI=1S/C11H19N5O2S/c1-7(17)11(2,3)12-9(18)6-19-10-13-14-15-16(10)8-4-5-8/h7-8,17H,4-6H2,1-3H3,(H,12,18). The van der Waals surface area contributed by atoms with E-state index < -0.39 is 11.6 Å². The third kappa shape index (κ3) is 3.66. The normalized spacial score (nSPS) is 17.3. The molecule has 1 fully saturated rings. The van der Waals surface area contributed by atoms with Crippen molar-refractivity contribution < 1.29 is 9.90 Å². The van der Waals surface area contributed by atoms with Gasteiger partial charge in [0.05, 0.1) is 23.4 Å². The maximum Gasteiger partial charge on any atom is 0.230 e. The summed E-state index contributed by atoms with van der Waals surface area (Å²) in [5.74, 6) is 0.102. The molecule has 0 aromatic carbocycles. The first-order valence-corrected chi connectivity index (χ1v) is 7.28. The number of aliphatic hydroxyl groups excluding tert-OH is 1. The predicted octanol–water partition coefficient (Wildman–Crippen LogP) is 0.376. The zero-order valence-electron chi connectivity index (χ0n) is 11.3. The number of hydrogen-bond donors (Lipinski definition) is 2. The Kier molecular flexibility index (Phi) is 4.10. The molecule has 1 aromatic rings. The Morgan fingerprint density at radius 3 is 2.89 bits per heavy atom. The molecule has 0 bridgehead atoms. The van der Waals surface area contributed by atoms with Crippen LogP contribution in [-0.2, 0) is 4.79 Å². The lowest BCUT2D eigenvalue weighted by molar-refractivity contribution is -0.121. The average molecular weight is 285 g/mol. The molecule has 1 aliphatic carbocycles. The van der Waals surface area contributed by atoms with Crippen LogP contribution in [0.25, 0.3) is 0 Å². The third-order valence-electron chi connectivity index (χ3n) is 3.19. The summed E-state index contributed by atoms with van der Waals surface area (Å²) in [5.41, 5.74) is -0.639. The van der Waals surface area contributed by atoms with Crippen molar-refractivity contribution in [1.82, 2.24) is 25.5 Å². The molecule has 0 aliphatic heterocycles. The van der Waals surface area contributed by atoms with Gasteiger partial charge in [-0.05, 0) is 44.0 Å². The van der Waals surface area contributed by atoms with Gasteiger partial charge in [0.25, 0.3) is 0 Å². The van der Waals surface area contributed by atoms with E-state index in [4.69, 9.17) is 0 Å². The van der Waals surface area contributed by atoms with Crippen LogP contribution in [0.3, 0.4) is 0 Å². The lowest BCUT2D eigenvalue weighted by Crippen LogP contribution is -2.51. The maximum absolute atomic E-state index is 11.8. The number of aromatic nitrogens is 4. The largest absolute Gasteiger partial charge is 0.391 e. The Morgan fingerprint density at radius 1 is 1.63 bits per heavy atom. The van der Waals surface area contributed by atoms with E-state index in [1.54, 1.807) is 25.5 Å². The van der Waals surface area contributed by atoms with E-state index in [1.807, 2.05) is 0 Å². The predicted molar refractivity (Wildman–Crippen MR) is 70.7 cm³/mol. The van der Waals surface area contributed by atoms with Gasteiger partial charge in [0.15, 0.2) is 0 Å². The van der Waals surface area contributed by atoms with Crippen LogP contribution in [0.1, 0.15) is 39.7 Å². The number of tetrazole rings is 1. The zero-order valence-corrected chi connectivity index (χ0v) is 12.1. The minimum Gasteiger partial charge on any atom is -0.391 e. The van der Waals surface area contributed by atoms with Gasteiger partial charge in [-0.2, -0.15) is 0 Å². The highest BCUT2D eigenvalue weighted by Crippen LogP contribution is 2.36. The van der Waals surface area contributed by atoms with Crippen molar-refractivity contribution in [1.29, 1.82) is 0 Å². The highest BCUT2D eigenvalue weighted by Gasteiger charge is 2.29. The Morgan fingerprint density at radius 2 is 2.32 bits per heavy atom. The van der Waals surface area contributed by atoms with Crippen LogP contribution < -0.4 is 5.32 Å². The first-order chi connectivity index (χ1) is 8.90. The second kappa shape index (κ2) is 5.46. The van der Waals surface area contributed by atoms with Crippen molar-refractivity contribution in [2.45, 2.75) is 56.5 Å². The number of carbonyl (C=O) groups excluding carboxylic acids is 1. The first-order valence-electron chi connectivity index (χ1n) is 6.30. The van der Waals surface area contributed by atoms with E-state index in [0.717, 1.165) is 12.8 Å². The maximum atomic E-state index is 11.8. The minimum absolute atomic E-state index is 0.138. The van der Waals surface area contributed by atoms with E-state index in [9.17, 15) is 9.90 Å². The number of rotatable bonds is 6. The number of nitrogens with one attached hydrogen (secondary N) is 1. The van der Waals surface area contributed by atoms with Crippen LogP contribution in [0.4, 0.5) is 0 Å². The Bertz CT molecular complexity index is 456. The second-order valence-electron chi connectivity index (χ2n) is 5.37. The van der Waals surface area contributed by atoms with Crippen molar-refractivity contribution in [3.63, 3.8) is 0 Å². The third-order valence-corrected chi connectivity index (χ3v) is 4.13. The highest BCUT2D eigenvalue weighted by molar-refractivity contribution is 7.99. The van der Waals surface area contributed by atoms with Crippen molar-refractivity contribution in [2.24, 2.45) is 0 Å². The Balaban J connectivity index is 1.85. The lowest BCUT2D eigenvalue weighted by atomic mass is 9.99. The van der Waals surface area contributed by atoms with Gasteiger partial charge in [0.1, 0.15) is 0 Å². The molecule has 7 nitrogen and oxygen atoms in total. The molecule has 1 saturated carbocycles. The molecule has 2 N–H and O–H groups in total. The van der Waals surface area contributed by atoms with Crippen molar-refractivity contribution in [3.05, 3.63) is 0 Å². The van der Waals surface area contributed by atoms with Gasteiger partial charge in [0.2, 0.25) is 11.1 Å².